The number of amides is 2. The zero-order valence-electron chi connectivity index (χ0n) is 22.5. The minimum Gasteiger partial charge on any atom is -0.493 e. The number of hydrogen-bond acceptors (Lipinski definition) is 8. The molecule has 1 saturated heterocycles. The molecule has 204 valence electrons. The van der Waals surface area contributed by atoms with Gasteiger partial charge in [0, 0.05) is 37.1 Å². The first-order valence-electron chi connectivity index (χ1n) is 12.7. The SMILES string of the molecule is COc1cc2c(c(OC)c1OC)-c1ccc(N[C@H](C)C(=O)N3CCSCC3)c(=O)cc1[C@@H](NC(C)=O)CC2. The quantitative estimate of drug-likeness (QED) is 0.551. The molecule has 1 fully saturated rings. The molecule has 0 radical (unpaired) electrons. The molecular formula is C28H35N3O6S. The Hall–Kier alpha value is -3.40. The Labute approximate surface area is 227 Å². The lowest BCUT2D eigenvalue weighted by Gasteiger charge is -2.29. The fourth-order valence-electron chi connectivity index (χ4n) is 5.18. The number of carbonyl (C=O) groups is 2. The van der Waals surface area contributed by atoms with Crippen molar-refractivity contribution in [2.75, 3.05) is 51.2 Å². The van der Waals surface area contributed by atoms with Crippen LogP contribution in [0.1, 0.15) is 37.4 Å². The number of nitrogens with one attached hydrogen (secondary N) is 2. The van der Waals surface area contributed by atoms with Crippen LogP contribution >= 0.6 is 11.8 Å². The van der Waals surface area contributed by atoms with Crippen molar-refractivity contribution in [2.45, 2.75) is 38.8 Å². The Morgan fingerprint density at radius 3 is 2.39 bits per heavy atom. The minimum absolute atomic E-state index is 0.0299. The number of ether oxygens (including phenoxy) is 3. The Bertz CT molecular complexity index is 1280. The molecule has 2 aliphatic rings. The summed E-state index contributed by atoms with van der Waals surface area (Å²) in [6, 6.07) is 6.06. The van der Waals surface area contributed by atoms with Crippen LogP contribution in [0.3, 0.4) is 0 Å². The van der Waals surface area contributed by atoms with Crippen molar-refractivity contribution >= 4 is 29.3 Å². The maximum Gasteiger partial charge on any atom is 0.244 e. The second kappa shape index (κ2) is 12.0. The summed E-state index contributed by atoms with van der Waals surface area (Å²) in [5, 5.41) is 6.15. The van der Waals surface area contributed by atoms with Gasteiger partial charge in [-0.05, 0) is 54.7 Å². The number of thioether (sulfide) groups is 1. The summed E-state index contributed by atoms with van der Waals surface area (Å²) < 4.78 is 17.0. The number of methoxy groups -OCH3 is 3. The number of aryl methyl sites for hydroxylation is 1. The van der Waals surface area contributed by atoms with Crippen molar-refractivity contribution in [3.63, 3.8) is 0 Å². The van der Waals surface area contributed by atoms with E-state index in [9.17, 15) is 14.4 Å². The van der Waals surface area contributed by atoms with Crippen LogP contribution in [0.5, 0.6) is 17.2 Å². The second-order valence-electron chi connectivity index (χ2n) is 9.40. The van der Waals surface area contributed by atoms with Crippen molar-refractivity contribution in [3.05, 3.63) is 45.6 Å². The summed E-state index contributed by atoms with van der Waals surface area (Å²) in [6.45, 7) is 4.65. The highest BCUT2D eigenvalue weighted by molar-refractivity contribution is 7.99. The maximum absolute atomic E-state index is 13.5. The van der Waals surface area contributed by atoms with Crippen molar-refractivity contribution in [2.24, 2.45) is 0 Å². The van der Waals surface area contributed by atoms with Crippen molar-refractivity contribution < 1.29 is 23.8 Å². The van der Waals surface area contributed by atoms with E-state index in [-0.39, 0.29) is 17.2 Å². The van der Waals surface area contributed by atoms with Gasteiger partial charge in [-0.3, -0.25) is 14.4 Å². The summed E-state index contributed by atoms with van der Waals surface area (Å²) in [6.07, 6.45) is 1.20. The van der Waals surface area contributed by atoms with E-state index < -0.39 is 12.1 Å². The number of fused-ring (bicyclic) bond motifs is 3. The van der Waals surface area contributed by atoms with E-state index in [0.29, 0.717) is 54.4 Å². The molecule has 1 aliphatic carbocycles. The van der Waals surface area contributed by atoms with Gasteiger partial charge in [0.05, 0.1) is 33.1 Å². The minimum atomic E-state index is -0.565. The lowest BCUT2D eigenvalue weighted by atomic mass is 9.95. The fraction of sp³-hybridized carbons (Fsp3) is 0.464. The van der Waals surface area contributed by atoms with Gasteiger partial charge >= 0.3 is 0 Å². The monoisotopic (exact) mass is 541 g/mol. The molecular weight excluding hydrogens is 506 g/mol. The smallest absolute Gasteiger partial charge is 0.244 e. The zero-order chi connectivity index (χ0) is 27.4. The number of nitrogens with zero attached hydrogens (tertiary/aromatic N) is 1. The Morgan fingerprint density at radius 2 is 1.76 bits per heavy atom. The number of anilines is 1. The van der Waals surface area contributed by atoms with Crippen molar-refractivity contribution in [1.29, 1.82) is 0 Å². The van der Waals surface area contributed by atoms with Gasteiger partial charge in [-0.1, -0.05) is 6.07 Å². The first-order chi connectivity index (χ1) is 18.3. The van der Waals surface area contributed by atoms with Gasteiger partial charge < -0.3 is 29.7 Å². The van der Waals surface area contributed by atoms with Gasteiger partial charge in [0.15, 0.2) is 11.5 Å². The van der Waals surface area contributed by atoms with E-state index in [1.807, 2.05) is 28.8 Å². The number of carbonyl (C=O) groups excluding carboxylic acids is 2. The molecule has 0 bridgehead atoms. The number of benzene rings is 1. The standard InChI is InChI=1S/C28H35N3O6S/c1-16(28(34)31-10-12-38-13-11-31)29-22-9-7-19-20(15-23(22)33)21(30-17(2)32)8-6-18-14-24(35-3)26(36-4)27(37-5)25(18)19/h7,9,14-16,21H,6,8,10-13H2,1-5H3,(H,29,33)(H,30,32)/t16-,21+/m1/s1. The molecule has 2 N–H and O–H groups in total. The Kier molecular flexibility index (Phi) is 8.71. The molecule has 9 nitrogen and oxygen atoms in total. The molecule has 2 aromatic carbocycles. The molecule has 2 aromatic rings. The van der Waals surface area contributed by atoms with Crippen LogP contribution < -0.4 is 30.3 Å². The highest BCUT2D eigenvalue weighted by Gasteiger charge is 2.30. The van der Waals surface area contributed by atoms with Crippen LogP contribution in [0.4, 0.5) is 5.69 Å². The van der Waals surface area contributed by atoms with Crippen LogP contribution in [0.25, 0.3) is 11.1 Å². The van der Waals surface area contributed by atoms with Crippen molar-refractivity contribution in [3.8, 4) is 28.4 Å². The Morgan fingerprint density at radius 1 is 1.05 bits per heavy atom. The molecule has 4 rings (SSSR count). The van der Waals surface area contributed by atoms with E-state index in [0.717, 1.165) is 28.2 Å². The van der Waals surface area contributed by atoms with E-state index in [1.165, 1.54) is 6.92 Å². The van der Waals surface area contributed by atoms with Gasteiger partial charge in [0.25, 0.3) is 0 Å². The lowest BCUT2D eigenvalue weighted by molar-refractivity contribution is -0.131. The third kappa shape index (κ3) is 5.55. The summed E-state index contributed by atoms with van der Waals surface area (Å²) in [4.78, 5) is 40.4. The first kappa shape index (κ1) is 27.6. The molecule has 1 aliphatic heterocycles. The van der Waals surface area contributed by atoms with Crippen molar-refractivity contribution in [1.82, 2.24) is 10.2 Å². The van der Waals surface area contributed by atoms with Gasteiger partial charge in [-0.2, -0.15) is 11.8 Å². The van der Waals surface area contributed by atoms with E-state index in [2.05, 4.69) is 10.6 Å². The first-order valence-corrected chi connectivity index (χ1v) is 13.8. The summed E-state index contributed by atoms with van der Waals surface area (Å²) in [5.74, 6) is 3.09. The molecule has 0 spiro atoms. The topological polar surface area (TPSA) is 106 Å². The predicted octanol–water partition coefficient (Wildman–Crippen LogP) is 3.24. The molecule has 10 heteroatoms. The van der Waals surface area contributed by atoms with E-state index in [1.54, 1.807) is 40.4 Å². The highest BCUT2D eigenvalue weighted by atomic mass is 32.2. The zero-order valence-corrected chi connectivity index (χ0v) is 23.3. The van der Waals surface area contributed by atoms with Gasteiger partial charge in [-0.15, -0.1) is 0 Å². The molecule has 38 heavy (non-hydrogen) atoms. The van der Waals surface area contributed by atoms with Crippen LogP contribution in [0, 0.1) is 0 Å². The van der Waals surface area contributed by atoms with Crippen LogP contribution in [0.15, 0.2) is 29.1 Å². The molecule has 0 aromatic heterocycles. The third-order valence-electron chi connectivity index (χ3n) is 6.98. The van der Waals surface area contributed by atoms with Gasteiger partial charge in [0.2, 0.25) is 23.0 Å². The van der Waals surface area contributed by atoms with Crippen LogP contribution in [0.2, 0.25) is 0 Å². The lowest BCUT2D eigenvalue weighted by Crippen LogP contribution is -2.45. The average molecular weight is 542 g/mol. The van der Waals surface area contributed by atoms with Gasteiger partial charge in [0.1, 0.15) is 6.04 Å². The largest absolute Gasteiger partial charge is 0.493 e. The van der Waals surface area contributed by atoms with Gasteiger partial charge in [-0.25, -0.2) is 0 Å². The van der Waals surface area contributed by atoms with Crippen LogP contribution in [-0.4, -0.2) is 68.7 Å². The highest BCUT2D eigenvalue weighted by Crippen LogP contribution is 2.50. The predicted molar refractivity (Wildman–Crippen MR) is 150 cm³/mol. The second-order valence-corrected chi connectivity index (χ2v) is 10.6. The number of rotatable bonds is 7. The molecule has 0 saturated carbocycles. The normalized spacial score (nSPS) is 17.3. The third-order valence-corrected chi connectivity index (χ3v) is 7.92. The summed E-state index contributed by atoms with van der Waals surface area (Å²) in [5.41, 5.74) is 3.20. The van der Waals surface area contributed by atoms with E-state index >= 15 is 0 Å². The molecule has 0 unspecified atom stereocenters. The molecule has 1 heterocycles. The molecule has 2 amide bonds. The fourth-order valence-corrected chi connectivity index (χ4v) is 6.08. The summed E-state index contributed by atoms with van der Waals surface area (Å²) >= 11 is 1.83. The number of hydrogen-bond donors (Lipinski definition) is 2. The Balaban J connectivity index is 1.84. The van der Waals surface area contributed by atoms with E-state index in [4.69, 9.17) is 14.2 Å². The summed E-state index contributed by atoms with van der Waals surface area (Å²) in [7, 11) is 4.68. The maximum atomic E-state index is 13.5. The molecule has 2 atom stereocenters. The average Bonchev–Trinajstić information content (AvgIpc) is 3.16. The van der Waals surface area contributed by atoms with Crippen LogP contribution in [-0.2, 0) is 16.0 Å².